The monoisotopic (exact) mass is 440 g/mol. The first kappa shape index (κ1) is 19.9. The molecule has 0 bridgehead atoms. The maximum Gasteiger partial charge on any atom is 0.269 e. The van der Waals surface area contributed by atoms with Crippen molar-refractivity contribution < 1.29 is 4.92 Å². The molecule has 0 atom stereocenters. The molecule has 0 radical (unpaired) electrons. The lowest BCUT2D eigenvalue weighted by atomic mass is 10.0. The summed E-state index contributed by atoms with van der Waals surface area (Å²) >= 11 is 0. The third-order valence-electron chi connectivity index (χ3n) is 3.40. The Bertz CT molecular complexity index is 715. The molecule has 3 N–H and O–H groups in total. The number of nitrogens with one attached hydrogen (secondary N) is 1. The highest BCUT2D eigenvalue weighted by Gasteiger charge is 2.04. The van der Waals surface area contributed by atoms with E-state index >= 15 is 0 Å². The highest BCUT2D eigenvalue weighted by molar-refractivity contribution is 14.0. The van der Waals surface area contributed by atoms with Gasteiger partial charge in [-0.15, -0.1) is 24.0 Å². The fourth-order valence-electron chi connectivity index (χ4n) is 2.06. The second-order valence-electron chi connectivity index (χ2n) is 5.53. The van der Waals surface area contributed by atoms with E-state index in [0.717, 1.165) is 11.3 Å². The zero-order valence-corrected chi connectivity index (χ0v) is 15.9. The van der Waals surface area contributed by atoms with Gasteiger partial charge in [0, 0.05) is 17.8 Å². The van der Waals surface area contributed by atoms with Gasteiger partial charge in [-0.1, -0.05) is 38.1 Å². The van der Waals surface area contributed by atoms with Crippen molar-refractivity contribution in [3.05, 3.63) is 69.8 Å². The van der Waals surface area contributed by atoms with Crippen LogP contribution in [0.1, 0.15) is 30.9 Å². The van der Waals surface area contributed by atoms with Crippen LogP contribution in [0.4, 0.5) is 11.4 Å². The summed E-state index contributed by atoms with van der Waals surface area (Å²) in [6, 6.07) is 14.3. The summed E-state index contributed by atoms with van der Waals surface area (Å²) in [4.78, 5) is 14.4. The molecule has 0 saturated heterocycles. The number of nitrogens with two attached hydrogens (primary N) is 1. The summed E-state index contributed by atoms with van der Waals surface area (Å²) in [7, 11) is 0. The molecule has 24 heavy (non-hydrogen) atoms. The average molecular weight is 440 g/mol. The lowest BCUT2D eigenvalue weighted by Crippen LogP contribution is -2.22. The van der Waals surface area contributed by atoms with Gasteiger partial charge in [0.15, 0.2) is 5.96 Å². The maximum absolute atomic E-state index is 10.6. The summed E-state index contributed by atoms with van der Waals surface area (Å²) < 4.78 is 0. The lowest BCUT2D eigenvalue weighted by molar-refractivity contribution is -0.384. The number of nitro benzene ring substituents is 1. The predicted molar refractivity (Wildman–Crippen MR) is 108 cm³/mol. The van der Waals surface area contributed by atoms with Crippen LogP contribution in [0.25, 0.3) is 0 Å². The number of nitro groups is 1. The molecule has 7 heteroatoms. The van der Waals surface area contributed by atoms with Gasteiger partial charge in [0.2, 0.25) is 0 Å². The number of anilines is 1. The van der Waals surface area contributed by atoms with Gasteiger partial charge in [-0.05, 0) is 29.2 Å². The van der Waals surface area contributed by atoms with Crippen LogP contribution in [0, 0.1) is 10.1 Å². The van der Waals surface area contributed by atoms with Gasteiger partial charge in [-0.3, -0.25) is 10.1 Å². The summed E-state index contributed by atoms with van der Waals surface area (Å²) in [6.07, 6.45) is 0. The fraction of sp³-hybridized carbons (Fsp3) is 0.235. The number of non-ortho nitro benzene ring substituents is 1. The van der Waals surface area contributed by atoms with E-state index in [1.807, 2.05) is 18.2 Å². The molecule has 0 aliphatic rings. The number of aliphatic imine (C=N–C) groups is 1. The Morgan fingerprint density at radius 2 is 1.92 bits per heavy atom. The Hall–Kier alpha value is -2.16. The zero-order chi connectivity index (χ0) is 16.8. The molecule has 0 aromatic heterocycles. The van der Waals surface area contributed by atoms with Crippen molar-refractivity contribution in [3.8, 4) is 0 Å². The van der Waals surface area contributed by atoms with Crippen LogP contribution in [0.5, 0.6) is 0 Å². The molecule has 2 aromatic rings. The van der Waals surface area contributed by atoms with Gasteiger partial charge in [0.1, 0.15) is 0 Å². The van der Waals surface area contributed by atoms with Crippen LogP contribution in [0.3, 0.4) is 0 Å². The topological polar surface area (TPSA) is 93.5 Å². The molecule has 2 aromatic carbocycles. The van der Waals surface area contributed by atoms with Crippen molar-refractivity contribution in [1.82, 2.24) is 0 Å². The van der Waals surface area contributed by atoms with Gasteiger partial charge in [-0.2, -0.15) is 0 Å². The van der Waals surface area contributed by atoms with Crippen LogP contribution in [0.2, 0.25) is 0 Å². The molecule has 6 nitrogen and oxygen atoms in total. The highest BCUT2D eigenvalue weighted by Crippen LogP contribution is 2.18. The van der Waals surface area contributed by atoms with Crippen molar-refractivity contribution in [3.63, 3.8) is 0 Å². The first-order valence-electron chi connectivity index (χ1n) is 7.36. The van der Waals surface area contributed by atoms with Gasteiger partial charge in [0.05, 0.1) is 11.5 Å². The lowest BCUT2D eigenvalue weighted by Gasteiger charge is -2.10. The Morgan fingerprint density at radius 3 is 2.50 bits per heavy atom. The van der Waals surface area contributed by atoms with Gasteiger partial charge in [-0.25, -0.2) is 4.99 Å². The molecule has 0 spiro atoms. The van der Waals surface area contributed by atoms with Crippen LogP contribution < -0.4 is 11.1 Å². The maximum atomic E-state index is 10.6. The summed E-state index contributed by atoms with van der Waals surface area (Å²) in [5.74, 6) is 0.749. The number of nitrogens with zero attached hydrogens (tertiary/aromatic N) is 2. The Kier molecular flexibility index (Phi) is 7.63. The van der Waals surface area contributed by atoms with E-state index in [0.29, 0.717) is 18.4 Å². The summed E-state index contributed by atoms with van der Waals surface area (Å²) in [6.45, 7) is 4.62. The van der Waals surface area contributed by atoms with Crippen LogP contribution in [0.15, 0.2) is 53.5 Å². The van der Waals surface area contributed by atoms with E-state index in [4.69, 9.17) is 5.73 Å². The zero-order valence-electron chi connectivity index (χ0n) is 13.6. The van der Waals surface area contributed by atoms with Crippen molar-refractivity contribution in [2.24, 2.45) is 10.7 Å². The van der Waals surface area contributed by atoms with Gasteiger partial charge in [0.25, 0.3) is 5.69 Å². The molecule has 0 aliphatic heterocycles. The number of rotatable bonds is 5. The molecular formula is C17H21IN4O2. The van der Waals surface area contributed by atoms with Crippen LogP contribution >= 0.6 is 24.0 Å². The second kappa shape index (κ2) is 9.21. The molecule has 0 fully saturated rings. The Morgan fingerprint density at radius 1 is 1.25 bits per heavy atom. The second-order valence-corrected chi connectivity index (χ2v) is 5.53. The molecule has 128 valence electrons. The molecule has 0 aliphatic carbocycles. The predicted octanol–water partition coefficient (Wildman–Crippen LogP) is 4.26. The smallest absolute Gasteiger partial charge is 0.269 e. The van der Waals surface area contributed by atoms with E-state index in [-0.39, 0.29) is 29.7 Å². The SMILES string of the molecule is CC(C)c1cccc(NC(N)=NCc2ccc([N+](=O)[O-])cc2)c1.I. The summed E-state index contributed by atoms with van der Waals surface area (Å²) in [5, 5.41) is 13.7. The first-order valence-corrected chi connectivity index (χ1v) is 7.36. The van der Waals surface area contributed by atoms with Crippen molar-refractivity contribution in [2.45, 2.75) is 26.3 Å². The van der Waals surface area contributed by atoms with Gasteiger partial charge < -0.3 is 11.1 Å². The van der Waals surface area contributed by atoms with E-state index in [1.165, 1.54) is 17.7 Å². The standard InChI is InChI=1S/C17H20N4O2.HI/c1-12(2)14-4-3-5-15(10-14)20-17(18)19-11-13-6-8-16(9-7-13)21(22)23;/h3-10,12H,11H2,1-2H3,(H3,18,19,20);1H. The largest absolute Gasteiger partial charge is 0.370 e. The molecule has 0 unspecified atom stereocenters. The third kappa shape index (κ3) is 5.80. The van der Waals surface area contributed by atoms with Gasteiger partial charge >= 0.3 is 0 Å². The molecule has 0 saturated carbocycles. The molecular weight excluding hydrogens is 419 g/mol. The number of halogens is 1. The number of guanidine groups is 1. The van der Waals surface area contributed by atoms with Crippen molar-refractivity contribution in [1.29, 1.82) is 0 Å². The average Bonchev–Trinajstić information content (AvgIpc) is 2.53. The fourth-order valence-corrected chi connectivity index (χ4v) is 2.06. The van der Waals surface area contributed by atoms with E-state index in [1.54, 1.807) is 12.1 Å². The van der Waals surface area contributed by atoms with E-state index in [9.17, 15) is 10.1 Å². The van der Waals surface area contributed by atoms with Crippen molar-refractivity contribution in [2.75, 3.05) is 5.32 Å². The minimum absolute atomic E-state index is 0. The summed E-state index contributed by atoms with van der Waals surface area (Å²) in [5.41, 5.74) is 8.92. The molecule has 0 amide bonds. The van der Waals surface area contributed by atoms with Crippen LogP contribution in [-0.4, -0.2) is 10.9 Å². The minimum atomic E-state index is -0.426. The normalized spacial score (nSPS) is 11.0. The van der Waals surface area contributed by atoms with E-state index in [2.05, 4.69) is 30.2 Å². The van der Waals surface area contributed by atoms with Crippen LogP contribution in [-0.2, 0) is 6.54 Å². The Balaban J connectivity index is 0.00000288. The molecule has 0 heterocycles. The number of hydrogen-bond donors (Lipinski definition) is 2. The molecule has 2 rings (SSSR count). The quantitative estimate of drug-likeness (QED) is 0.239. The third-order valence-corrected chi connectivity index (χ3v) is 3.40. The van der Waals surface area contributed by atoms with Crippen molar-refractivity contribution >= 4 is 41.3 Å². The number of benzene rings is 2. The highest BCUT2D eigenvalue weighted by atomic mass is 127. The minimum Gasteiger partial charge on any atom is -0.370 e. The van der Waals surface area contributed by atoms with E-state index < -0.39 is 4.92 Å². The first-order chi connectivity index (χ1) is 11.0. The number of hydrogen-bond acceptors (Lipinski definition) is 3. The Labute approximate surface area is 158 Å².